The summed E-state index contributed by atoms with van der Waals surface area (Å²) in [6, 6.07) is 74.5. The number of benzene rings is 11. The fraction of sp³-hybridized carbons (Fsp3) is 0. The Morgan fingerprint density at radius 1 is 0.328 bits per heavy atom. The lowest BCUT2D eigenvalue weighted by atomic mass is 9.94. The second-order valence-corrected chi connectivity index (χ2v) is 18.0. The van der Waals surface area contributed by atoms with Crippen molar-refractivity contribution in [2.75, 3.05) is 0 Å². The van der Waals surface area contributed by atoms with Crippen LogP contribution in [0, 0.1) is 0 Å². The highest BCUT2D eigenvalue weighted by atomic mass is 16.3. The van der Waals surface area contributed by atoms with Gasteiger partial charge in [0.1, 0.15) is 11.2 Å². The molecule has 0 aliphatic carbocycles. The van der Waals surface area contributed by atoms with E-state index in [0.717, 1.165) is 87.8 Å². The first kappa shape index (κ1) is 35.3. The van der Waals surface area contributed by atoms with Crippen LogP contribution in [0.5, 0.6) is 0 Å². The van der Waals surface area contributed by atoms with Crippen molar-refractivity contribution in [2.45, 2.75) is 0 Å². The molecule has 5 nitrogen and oxygen atoms in total. The van der Waals surface area contributed by atoms with E-state index in [9.17, 15) is 0 Å². The van der Waals surface area contributed by atoms with Gasteiger partial charge in [0.2, 0.25) is 5.95 Å². The van der Waals surface area contributed by atoms with Crippen LogP contribution >= 0.6 is 0 Å². The van der Waals surface area contributed by atoms with Crippen LogP contribution in [0.4, 0.5) is 0 Å². The third-order valence-corrected chi connectivity index (χ3v) is 14.6. The van der Waals surface area contributed by atoms with Crippen LogP contribution in [-0.4, -0.2) is 18.9 Å². The van der Waals surface area contributed by atoms with Gasteiger partial charge in [-0.05, 0) is 92.7 Å². The van der Waals surface area contributed by atoms with E-state index in [1.165, 1.54) is 59.6 Å². The van der Waals surface area contributed by atoms with Gasteiger partial charge in [0.25, 0.3) is 0 Å². The van der Waals surface area contributed by atoms with E-state index in [-0.39, 0.29) is 0 Å². The Morgan fingerprint density at radius 3 is 1.78 bits per heavy atom. The number of nitrogens with zero attached hydrogens (tertiary/aromatic N) is 4. The molecular weight excluding hydrogens is 817 g/mol. The summed E-state index contributed by atoms with van der Waals surface area (Å²) in [5.41, 5.74) is 12.8. The van der Waals surface area contributed by atoms with Crippen LogP contribution in [0.25, 0.3) is 153 Å². The largest absolute Gasteiger partial charge is 0.456 e. The molecule has 0 amide bonds. The Bertz CT molecular complexity index is 4800. The van der Waals surface area contributed by atoms with Crippen LogP contribution in [0.15, 0.2) is 211 Å². The van der Waals surface area contributed by atoms with Crippen LogP contribution in [0.3, 0.4) is 0 Å². The Morgan fingerprint density at radius 2 is 0.940 bits per heavy atom. The summed E-state index contributed by atoms with van der Waals surface area (Å²) >= 11 is 0. The van der Waals surface area contributed by atoms with Crippen molar-refractivity contribution in [3.8, 4) is 28.3 Å². The second kappa shape index (κ2) is 12.8. The molecule has 5 heteroatoms. The summed E-state index contributed by atoms with van der Waals surface area (Å²) in [5.74, 6) is 0.647. The second-order valence-electron chi connectivity index (χ2n) is 18.0. The van der Waals surface area contributed by atoms with E-state index in [2.05, 4.69) is 215 Å². The lowest BCUT2D eigenvalue weighted by Crippen LogP contribution is -2.04. The molecular formula is C62H34N4O. The molecule has 0 bridgehead atoms. The summed E-state index contributed by atoms with van der Waals surface area (Å²) in [7, 11) is 0. The molecule has 5 heterocycles. The van der Waals surface area contributed by atoms with Gasteiger partial charge in [-0.15, -0.1) is 0 Å². The van der Waals surface area contributed by atoms with Crippen LogP contribution < -0.4 is 0 Å². The van der Waals surface area contributed by atoms with Gasteiger partial charge in [-0.3, -0.25) is 4.57 Å². The highest BCUT2D eigenvalue weighted by molar-refractivity contribution is 6.30. The van der Waals surface area contributed by atoms with Crippen molar-refractivity contribution in [1.82, 2.24) is 18.9 Å². The average Bonchev–Trinajstić information content (AvgIpc) is 4.13. The molecule has 0 saturated carbocycles. The molecule has 0 fully saturated rings. The molecule has 0 unspecified atom stereocenters. The molecule has 0 N–H and O–H groups in total. The number of aromatic nitrogens is 4. The number of hydrogen-bond acceptors (Lipinski definition) is 3. The first-order valence-electron chi connectivity index (χ1n) is 22.9. The molecule has 0 aliphatic heterocycles. The predicted octanol–water partition coefficient (Wildman–Crippen LogP) is 16.6. The molecule has 0 saturated heterocycles. The van der Waals surface area contributed by atoms with Crippen molar-refractivity contribution in [3.05, 3.63) is 206 Å². The minimum atomic E-state index is 0.647. The molecule has 5 aromatic heterocycles. The molecule has 0 spiro atoms. The van der Waals surface area contributed by atoms with Crippen LogP contribution in [0.1, 0.15) is 0 Å². The number of para-hydroxylation sites is 3. The Labute approximate surface area is 381 Å². The molecule has 11 aromatic carbocycles. The molecule has 67 heavy (non-hydrogen) atoms. The van der Waals surface area contributed by atoms with Gasteiger partial charge in [-0.25, -0.2) is 9.97 Å². The maximum Gasteiger partial charge on any atom is 0.235 e. The van der Waals surface area contributed by atoms with E-state index in [1.54, 1.807) is 0 Å². The number of rotatable bonds is 3. The molecule has 16 rings (SSSR count). The summed E-state index contributed by atoms with van der Waals surface area (Å²) in [4.78, 5) is 11.0. The topological polar surface area (TPSA) is 48.3 Å². The zero-order valence-electron chi connectivity index (χ0n) is 35.8. The SMILES string of the molecule is c1ccc(-c2nc(-n3c4ccccc4c4cc(-c5ccc6oc7cc8c(ccc9c8c8cccc%10c%11ccccc%11n9c%108)cc7c6c5)ccc43)nc3c4ccccc4c4ccccc4c23)cc1. The lowest BCUT2D eigenvalue weighted by molar-refractivity contribution is 0.669. The highest BCUT2D eigenvalue weighted by Crippen LogP contribution is 2.45. The number of hydrogen-bond donors (Lipinski definition) is 0. The van der Waals surface area contributed by atoms with Gasteiger partial charge in [-0.1, -0.05) is 152 Å². The van der Waals surface area contributed by atoms with Crippen molar-refractivity contribution in [2.24, 2.45) is 0 Å². The van der Waals surface area contributed by atoms with Crippen molar-refractivity contribution < 1.29 is 4.42 Å². The molecule has 16 aromatic rings. The quantitative estimate of drug-likeness (QED) is 0.166. The number of fused-ring (bicyclic) bond motifs is 20. The monoisotopic (exact) mass is 850 g/mol. The zero-order chi connectivity index (χ0) is 43.5. The predicted molar refractivity (Wildman–Crippen MR) is 279 cm³/mol. The molecule has 0 radical (unpaired) electrons. The molecule has 0 aliphatic rings. The van der Waals surface area contributed by atoms with Gasteiger partial charge in [0.05, 0.1) is 38.8 Å². The minimum absolute atomic E-state index is 0.647. The van der Waals surface area contributed by atoms with Gasteiger partial charge in [0, 0.05) is 59.4 Å². The van der Waals surface area contributed by atoms with E-state index in [0.29, 0.717) is 5.95 Å². The fourth-order valence-electron chi connectivity index (χ4n) is 11.7. The van der Waals surface area contributed by atoms with Gasteiger partial charge in [0.15, 0.2) is 0 Å². The van der Waals surface area contributed by atoms with Crippen molar-refractivity contribution >= 4 is 125 Å². The normalized spacial score (nSPS) is 12.5. The molecule has 308 valence electrons. The molecule has 0 atom stereocenters. The highest BCUT2D eigenvalue weighted by Gasteiger charge is 2.23. The summed E-state index contributed by atoms with van der Waals surface area (Å²) in [5, 5.41) is 17.8. The maximum atomic E-state index is 6.69. The van der Waals surface area contributed by atoms with Gasteiger partial charge < -0.3 is 8.82 Å². The fourth-order valence-corrected chi connectivity index (χ4v) is 11.7. The van der Waals surface area contributed by atoms with Gasteiger partial charge >= 0.3 is 0 Å². The average molecular weight is 851 g/mol. The Balaban J connectivity index is 0.887. The Kier molecular flexibility index (Phi) is 6.75. The third kappa shape index (κ3) is 4.67. The lowest BCUT2D eigenvalue weighted by Gasteiger charge is -2.16. The van der Waals surface area contributed by atoms with E-state index in [4.69, 9.17) is 14.4 Å². The smallest absolute Gasteiger partial charge is 0.235 e. The first-order valence-corrected chi connectivity index (χ1v) is 22.9. The van der Waals surface area contributed by atoms with Crippen LogP contribution in [-0.2, 0) is 0 Å². The third-order valence-electron chi connectivity index (χ3n) is 14.6. The van der Waals surface area contributed by atoms with Crippen LogP contribution in [0.2, 0.25) is 0 Å². The summed E-state index contributed by atoms with van der Waals surface area (Å²) in [6.45, 7) is 0. The maximum absolute atomic E-state index is 6.69. The minimum Gasteiger partial charge on any atom is -0.456 e. The van der Waals surface area contributed by atoms with Crippen molar-refractivity contribution in [3.63, 3.8) is 0 Å². The summed E-state index contributed by atoms with van der Waals surface area (Å²) in [6.07, 6.45) is 0. The first-order chi connectivity index (χ1) is 33.2. The van der Waals surface area contributed by atoms with Gasteiger partial charge in [-0.2, -0.15) is 0 Å². The zero-order valence-corrected chi connectivity index (χ0v) is 35.8. The number of furan rings is 1. The standard InChI is InChI=1S/C62H34N4O/c1-2-13-35(14-3-1)59-58-43-19-6-4-15-39(43)40-16-5-7-20-44(40)60(58)64-62(63-59)66-52-24-11-9-18-42(52)48-31-36(25-28-53(48)66)37-27-30-55-49(32-37)50-33-38-26-29-54-57(47(38)34-56(50)67-55)46-22-12-21-45-41-17-8-10-23-51(41)65(54)61(45)46/h1-34H. The van der Waals surface area contributed by atoms with Crippen molar-refractivity contribution in [1.29, 1.82) is 0 Å². The Hall–Kier alpha value is -9.06. The van der Waals surface area contributed by atoms with E-state index >= 15 is 0 Å². The van der Waals surface area contributed by atoms with E-state index < -0.39 is 0 Å². The summed E-state index contributed by atoms with van der Waals surface area (Å²) < 4.78 is 11.4. The van der Waals surface area contributed by atoms with E-state index in [1.807, 2.05) is 0 Å².